The van der Waals surface area contributed by atoms with Crippen molar-refractivity contribution in [3.05, 3.63) is 94.8 Å². The first kappa shape index (κ1) is 20.6. The molecule has 1 amide bonds. The second kappa shape index (κ2) is 8.49. The zero-order chi connectivity index (χ0) is 21.7. The number of benzene rings is 2. The number of pyridine rings is 1. The fourth-order valence-corrected chi connectivity index (χ4v) is 2.51. The number of nitrogens with zero attached hydrogens (tertiary/aromatic N) is 1. The van der Waals surface area contributed by atoms with Crippen LogP contribution in [0, 0.1) is 11.8 Å². The maximum absolute atomic E-state index is 12.8. The molecule has 0 spiro atoms. The van der Waals surface area contributed by atoms with Crippen molar-refractivity contribution in [2.45, 2.75) is 6.18 Å². The van der Waals surface area contributed by atoms with Gasteiger partial charge in [-0.25, -0.2) is 9.78 Å². The largest absolute Gasteiger partial charge is 0.476 e. The van der Waals surface area contributed by atoms with Crippen molar-refractivity contribution in [2.75, 3.05) is 5.32 Å². The number of carboxylic acid groups (broad SMARTS) is 1. The molecule has 1 heterocycles. The first-order valence-corrected chi connectivity index (χ1v) is 8.53. The van der Waals surface area contributed by atoms with Crippen LogP contribution in [-0.2, 0) is 6.18 Å². The molecule has 150 valence electrons. The number of aromatic carboxylic acids is 1. The van der Waals surface area contributed by atoms with E-state index in [4.69, 9.17) is 5.11 Å². The van der Waals surface area contributed by atoms with E-state index in [0.29, 0.717) is 11.3 Å². The number of carbonyl (C=O) groups excluding carboxylic acids is 1. The van der Waals surface area contributed by atoms with Crippen LogP contribution in [0.15, 0.2) is 66.9 Å². The van der Waals surface area contributed by atoms with Crippen molar-refractivity contribution in [1.82, 2.24) is 4.98 Å². The van der Waals surface area contributed by atoms with E-state index in [1.165, 1.54) is 30.5 Å². The van der Waals surface area contributed by atoms with Crippen LogP contribution in [-0.4, -0.2) is 22.0 Å². The fourth-order valence-electron chi connectivity index (χ4n) is 2.51. The molecule has 0 bridgehead atoms. The van der Waals surface area contributed by atoms with E-state index >= 15 is 0 Å². The van der Waals surface area contributed by atoms with Gasteiger partial charge in [-0.2, -0.15) is 13.2 Å². The van der Waals surface area contributed by atoms with Gasteiger partial charge in [-0.05, 0) is 54.6 Å². The summed E-state index contributed by atoms with van der Waals surface area (Å²) in [7, 11) is 0. The molecular formula is C22H13F3N2O3. The molecule has 3 rings (SSSR count). The second-order valence-corrected chi connectivity index (χ2v) is 6.06. The number of nitrogens with one attached hydrogen (secondary N) is 1. The third-order valence-corrected chi connectivity index (χ3v) is 3.94. The summed E-state index contributed by atoms with van der Waals surface area (Å²) in [4.78, 5) is 27.2. The highest BCUT2D eigenvalue weighted by Gasteiger charge is 2.30. The van der Waals surface area contributed by atoms with Gasteiger partial charge in [-0.3, -0.25) is 4.79 Å². The predicted octanol–water partition coefficient (Wildman–Crippen LogP) is 4.45. The quantitative estimate of drug-likeness (QED) is 0.626. The molecule has 0 unspecified atom stereocenters. The SMILES string of the molecule is O=C(Nc1ccc(C#Cc2cccc(C(F)(F)F)c2)cc1)c1cccnc1C(=O)O. The van der Waals surface area contributed by atoms with Gasteiger partial charge in [0.1, 0.15) is 0 Å². The summed E-state index contributed by atoms with van der Waals surface area (Å²) in [6.45, 7) is 0. The van der Waals surface area contributed by atoms with Crippen LogP contribution in [0.2, 0.25) is 0 Å². The van der Waals surface area contributed by atoms with Gasteiger partial charge in [0.05, 0.1) is 11.1 Å². The number of carbonyl (C=O) groups is 2. The van der Waals surface area contributed by atoms with E-state index in [1.807, 2.05) is 0 Å². The van der Waals surface area contributed by atoms with Gasteiger partial charge in [0.25, 0.3) is 5.91 Å². The molecule has 0 atom stereocenters. The van der Waals surface area contributed by atoms with E-state index < -0.39 is 23.6 Å². The van der Waals surface area contributed by atoms with E-state index in [0.717, 1.165) is 12.1 Å². The summed E-state index contributed by atoms with van der Waals surface area (Å²) >= 11 is 0. The Balaban J connectivity index is 1.73. The van der Waals surface area contributed by atoms with Gasteiger partial charge in [0.2, 0.25) is 0 Å². The minimum absolute atomic E-state index is 0.0848. The Hall–Kier alpha value is -4.12. The highest BCUT2D eigenvalue weighted by atomic mass is 19.4. The van der Waals surface area contributed by atoms with Gasteiger partial charge in [0.15, 0.2) is 5.69 Å². The van der Waals surface area contributed by atoms with Crippen LogP contribution in [0.25, 0.3) is 0 Å². The molecule has 8 heteroatoms. The summed E-state index contributed by atoms with van der Waals surface area (Å²) in [5.41, 5.74) is -0.0803. The first-order valence-electron chi connectivity index (χ1n) is 8.53. The maximum atomic E-state index is 12.8. The lowest BCUT2D eigenvalue weighted by atomic mass is 10.1. The molecule has 5 nitrogen and oxygen atoms in total. The number of anilines is 1. The third-order valence-electron chi connectivity index (χ3n) is 3.94. The molecule has 1 aromatic heterocycles. The average molecular weight is 410 g/mol. The molecule has 0 radical (unpaired) electrons. The van der Waals surface area contributed by atoms with Crippen LogP contribution in [0.1, 0.15) is 37.5 Å². The third kappa shape index (κ3) is 5.02. The monoisotopic (exact) mass is 410 g/mol. The molecule has 30 heavy (non-hydrogen) atoms. The van der Waals surface area contributed by atoms with E-state index in [9.17, 15) is 22.8 Å². The van der Waals surface area contributed by atoms with Gasteiger partial charge < -0.3 is 10.4 Å². The Morgan fingerprint density at radius 3 is 2.30 bits per heavy atom. The second-order valence-electron chi connectivity index (χ2n) is 6.06. The number of halogens is 3. The molecule has 0 saturated heterocycles. The number of hydrogen-bond donors (Lipinski definition) is 2. The molecule has 2 N–H and O–H groups in total. The van der Waals surface area contributed by atoms with Gasteiger partial charge >= 0.3 is 12.1 Å². The van der Waals surface area contributed by atoms with Gasteiger partial charge in [-0.15, -0.1) is 0 Å². The van der Waals surface area contributed by atoms with E-state index in [-0.39, 0.29) is 16.8 Å². The lowest BCUT2D eigenvalue weighted by molar-refractivity contribution is -0.137. The number of amides is 1. The van der Waals surface area contributed by atoms with E-state index in [1.54, 1.807) is 24.3 Å². The maximum Gasteiger partial charge on any atom is 0.416 e. The first-order chi connectivity index (χ1) is 14.2. The summed E-state index contributed by atoms with van der Waals surface area (Å²) in [6, 6.07) is 13.8. The molecule has 2 aromatic carbocycles. The fraction of sp³-hybridized carbons (Fsp3) is 0.0455. The van der Waals surface area contributed by atoms with Crippen LogP contribution in [0.5, 0.6) is 0 Å². The van der Waals surface area contributed by atoms with Crippen molar-refractivity contribution in [3.8, 4) is 11.8 Å². The van der Waals surface area contributed by atoms with Gasteiger partial charge in [0, 0.05) is 23.0 Å². The topological polar surface area (TPSA) is 79.3 Å². The number of rotatable bonds is 3. The standard InChI is InChI=1S/C22H13F3N2O3/c23-22(24,25)16-4-1-3-15(13-16)7-6-14-8-10-17(11-9-14)27-20(28)18-5-2-12-26-19(18)21(29)30/h1-5,8-13H,(H,27,28)(H,29,30). The van der Waals surface area contributed by atoms with Gasteiger partial charge in [-0.1, -0.05) is 17.9 Å². The highest BCUT2D eigenvalue weighted by molar-refractivity contribution is 6.09. The number of alkyl halides is 3. The number of aromatic nitrogens is 1. The van der Waals surface area contributed by atoms with Crippen LogP contribution >= 0.6 is 0 Å². The van der Waals surface area contributed by atoms with E-state index in [2.05, 4.69) is 22.1 Å². The molecular weight excluding hydrogens is 397 g/mol. The Morgan fingerprint density at radius 1 is 0.933 bits per heavy atom. The van der Waals surface area contributed by atoms with Crippen molar-refractivity contribution >= 4 is 17.6 Å². The summed E-state index contributed by atoms with van der Waals surface area (Å²) < 4.78 is 38.3. The molecule has 0 fully saturated rings. The molecule has 0 aliphatic heterocycles. The predicted molar refractivity (Wildman–Crippen MR) is 103 cm³/mol. The minimum atomic E-state index is -4.44. The summed E-state index contributed by atoms with van der Waals surface area (Å²) in [6.07, 6.45) is -3.16. The summed E-state index contributed by atoms with van der Waals surface area (Å²) in [5.74, 6) is 3.47. The highest BCUT2D eigenvalue weighted by Crippen LogP contribution is 2.29. The van der Waals surface area contributed by atoms with Crippen LogP contribution in [0.3, 0.4) is 0 Å². The Bertz CT molecular complexity index is 1160. The molecule has 0 saturated carbocycles. The number of hydrogen-bond acceptors (Lipinski definition) is 3. The van der Waals surface area contributed by atoms with Crippen LogP contribution in [0.4, 0.5) is 18.9 Å². The average Bonchev–Trinajstić information content (AvgIpc) is 2.73. The smallest absolute Gasteiger partial charge is 0.416 e. The van der Waals surface area contributed by atoms with Crippen molar-refractivity contribution in [1.29, 1.82) is 0 Å². The zero-order valence-corrected chi connectivity index (χ0v) is 15.2. The summed E-state index contributed by atoms with van der Waals surface area (Å²) in [5, 5.41) is 11.7. The molecule has 3 aromatic rings. The van der Waals surface area contributed by atoms with Crippen molar-refractivity contribution in [3.63, 3.8) is 0 Å². The Kier molecular flexibility index (Phi) is 5.83. The molecule has 0 aliphatic carbocycles. The zero-order valence-electron chi connectivity index (χ0n) is 15.2. The number of carboxylic acids is 1. The Morgan fingerprint density at radius 2 is 1.63 bits per heavy atom. The lowest BCUT2D eigenvalue weighted by Crippen LogP contribution is -2.17. The van der Waals surface area contributed by atoms with Crippen LogP contribution < -0.4 is 5.32 Å². The Labute approximate surface area is 169 Å². The van der Waals surface area contributed by atoms with Crippen molar-refractivity contribution < 1.29 is 27.9 Å². The lowest BCUT2D eigenvalue weighted by Gasteiger charge is -2.07. The normalized spacial score (nSPS) is 10.6. The van der Waals surface area contributed by atoms with Crippen molar-refractivity contribution in [2.24, 2.45) is 0 Å². The molecule has 0 aliphatic rings. The minimum Gasteiger partial charge on any atom is -0.476 e.